The van der Waals surface area contributed by atoms with Crippen molar-refractivity contribution in [2.75, 3.05) is 0 Å². The first-order valence-electron chi connectivity index (χ1n) is 7.38. The summed E-state index contributed by atoms with van der Waals surface area (Å²) in [6, 6.07) is 6.48. The largest absolute Gasteiger partial charge is 0.298 e. The zero-order valence-corrected chi connectivity index (χ0v) is 11.6. The topological polar surface area (TPSA) is 17.1 Å². The van der Waals surface area contributed by atoms with Gasteiger partial charge in [0.2, 0.25) is 0 Å². The lowest BCUT2D eigenvalue weighted by Crippen LogP contribution is -2.17. The van der Waals surface area contributed by atoms with Gasteiger partial charge in [0.15, 0.2) is 0 Å². The average Bonchev–Trinajstić information content (AvgIpc) is 2.46. The molecule has 1 fully saturated rings. The molecular weight excluding hydrogens is 220 g/mol. The molecule has 0 amide bonds. The highest BCUT2D eigenvalue weighted by Crippen LogP contribution is 2.39. The van der Waals surface area contributed by atoms with Crippen molar-refractivity contribution in [2.24, 2.45) is 5.92 Å². The maximum atomic E-state index is 11.0. The zero-order chi connectivity index (χ0) is 13.0. The van der Waals surface area contributed by atoms with Crippen molar-refractivity contribution in [3.05, 3.63) is 34.9 Å². The van der Waals surface area contributed by atoms with Gasteiger partial charge in [-0.15, -0.1) is 0 Å². The highest BCUT2D eigenvalue weighted by atomic mass is 16.1. The van der Waals surface area contributed by atoms with Gasteiger partial charge >= 0.3 is 0 Å². The van der Waals surface area contributed by atoms with Crippen molar-refractivity contribution < 1.29 is 4.79 Å². The molecule has 1 nitrogen and oxygen atoms in total. The summed E-state index contributed by atoms with van der Waals surface area (Å²) in [6.07, 6.45) is 8.66. The molecule has 1 saturated carbocycles. The number of aryl methyl sites for hydroxylation is 1. The van der Waals surface area contributed by atoms with Crippen LogP contribution in [-0.4, -0.2) is 6.29 Å². The van der Waals surface area contributed by atoms with Gasteiger partial charge in [-0.3, -0.25) is 4.79 Å². The first kappa shape index (κ1) is 13.3. The van der Waals surface area contributed by atoms with E-state index < -0.39 is 0 Å². The van der Waals surface area contributed by atoms with Crippen LogP contribution in [0.15, 0.2) is 18.2 Å². The molecule has 18 heavy (non-hydrogen) atoms. The van der Waals surface area contributed by atoms with Gasteiger partial charge in [0, 0.05) is 5.56 Å². The number of hydrogen-bond donors (Lipinski definition) is 0. The minimum Gasteiger partial charge on any atom is -0.298 e. The standard InChI is InChI=1S/C17H24O/c1-3-13-7-5-6-8-17(13)15-9-10-16(12-18)14(4-2)11-15/h9-13,17H,3-8H2,1-2H3. The molecule has 0 spiro atoms. The van der Waals surface area contributed by atoms with E-state index in [2.05, 4.69) is 26.0 Å². The second-order valence-corrected chi connectivity index (χ2v) is 5.49. The summed E-state index contributed by atoms with van der Waals surface area (Å²) in [5.74, 6) is 1.56. The average molecular weight is 244 g/mol. The molecule has 1 aliphatic rings. The van der Waals surface area contributed by atoms with Gasteiger partial charge in [-0.2, -0.15) is 0 Å². The summed E-state index contributed by atoms with van der Waals surface area (Å²) in [7, 11) is 0. The maximum Gasteiger partial charge on any atom is 0.150 e. The fraction of sp³-hybridized carbons (Fsp3) is 0.588. The third-order valence-electron chi connectivity index (χ3n) is 4.54. The quantitative estimate of drug-likeness (QED) is 0.699. The van der Waals surface area contributed by atoms with Gasteiger partial charge in [0.1, 0.15) is 6.29 Å². The Morgan fingerprint density at radius 1 is 1.22 bits per heavy atom. The second-order valence-electron chi connectivity index (χ2n) is 5.49. The van der Waals surface area contributed by atoms with Crippen LogP contribution in [0.1, 0.15) is 73.4 Å². The van der Waals surface area contributed by atoms with Crippen LogP contribution in [-0.2, 0) is 6.42 Å². The van der Waals surface area contributed by atoms with Crippen molar-refractivity contribution in [3.8, 4) is 0 Å². The number of carbonyl (C=O) groups is 1. The molecule has 0 aliphatic heterocycles. The van der Waals surface area contributed by atoms with Gasteiger partial charge in [0.05, 0.1) is 0 Å². The van der Waals surface area contributed by atoms with E-state index in [0.29, 0.717) is 0 Å². The van der Waals surface area contributed by atoms with E-state index in [4.69, 9.17) is 0 Å². The van der Waals surface area contributed by atoms with Crippen LogP contribution in [0.4, 0.5) is 0 Å². The summed E-state index contributed by atoms with van der Waals surface area (Å²) in [6.45, 7) is 4.44. The molecule has 0 aromatic heterocycles. The predicted molar refractivity (Wildman–Crippen MR) is 76.2 cm³/mol. The molecule has 1 aliphatic carbocycles. The van der Waals surface area contributed by atoms with E-state index >= 15 is 0 Å². The first-order chi connectivity index (χ1) is 8.80. The lowest BCUT2D eigenvalue weighted by Gasteiger charge is -2.31. The molecule has 0 N–H and O–H groups in total. The van der Waals surface area contributed by atoms with Crippen LogP contribution in [0.25, 0.3) is 0 Å². The van der Waals surface area contributed by atoms with Crippen molar-refractivity contribution >= 4 is 6.29 Å². The van der Waals surface area contributed by atoms with Gasteiger partial charge in [-0.1, -0.05) is 51.3 Å². The van der Waals surface area contributed by atoms with Gasteiger partial charge < -0.3 is 0 Å². The Kier molecular flexibility index (Phi) is 4.57. The van der Waals surface area contributed by atoms with E-state index in [-0.39, 0.29) is 0 Å². The lowest BCUT2D eigenvalue weighted by atomic mass is 9.74. The van der Waals surface area contributed by atoms with Crippen molar-refractivity contribution in [3.63, 3.8) is 0 Å². The molecule has 0 bridgehead atoms. The summed E-state index contributed by atoms with van der Waals surface area (Å²) < 4.78 is 0. The molecule has 2 unspecified atom stereocenters. The van der Waals surface area contributed by atoms with Crippen LogP contribution in [0.5, 0.6) is 0 Å². The predicted octanol–water partition coefficient (Wildman–Crippen LogP) is 4.75. The van der Waals surface area contributed by atoms with E-state index in [0.717, 1.165) is 30.1 Å². The molecular formula is C17H24O. The van der Waals surface area contributed by atoms with Crippen LogP contribution in [0.2, 0.25) is 0 Å². The third kappa shape index (κ3) is 2.66. The Morgan fingerprint density at radius 3 is 2.67 bits per heavy atom. The van der Waals surface area contributed by atoms with Gasteiger partial charge in [0.25, 0.3) is 0 Å². The van der Waals surface area contributed by atoms with Crippen molar-refractivity contribution in [2.45, 2.75) is 58.3 Å². The van der Waals surface area contributed by atoms with Crippen LogP contribution in [0, 0.1) is 5.92 Å². The summed E-state index contributed by atoms with van der Waals surface area (Å²) in [5, 5.41) is 0. The Morgan fingerprint density at radius 2 is 2.00 bits per heavy atom. The number of hydrogen-bond acceptors (Lipinski definition) is 1. The maximum absolute atomic E-state index is 11.0. The van der Waals surface area contributed by atoms with Crippen LogP contribution in [0.3, 0.4) is 0 Å². The fourth-order valence-corrected chi connectivity index (χ4v) is 3.41. The van der Waals surface area contributed by atoms with Gasteiger partial charge in [-0.05, 0) is 42.2 Å². The van der Waals surface area contributed by atoms with Crippen molar-refractivity contribution in [1.82, 2.24) is 0 Å². The monoisotopic (exact) mass is 244 g/mol. The molecule has 0 saturated heterocycles. The smallest absolute Gasteiger partial charge is 0.150 e. The molecule has 2 atom stereocenters. The number of aldehydes is 1. The SMILES string of the molecule is CCc1cc(C2CCCCC2CC)ccc1C=O. The van der Waals surface area contributed by atoms with E-state index in [1.54, 1.807) is 0 Å². The molecule has 1 aromatic carbocycles. The summed E-state index contributed by atoms with van der Waals surface area (Å²) in [5.41, 5.74) is 3.54. The second kappa shape index (κ2) is 6.17. The van der Waals surface area contributed by atoms with E-state index in [1.165, 1.54) is 43.2 Å². The molecule has 0 radical (unpaired) electrons. The molecule has 2 rings (SSSR count). The Labute approximate surface area is 111 Å². The minimum absolute atomic E-state index is 0.717. The Hall–Kier alpha value is -1.11. The molecule has 1 aromatic rings. The highest BCUT2D eigenvalue weighted by Gasteiger charge is 2.25. The fourth-order valence-electron chi connectivity index (χ4n) is 3.41. The molecule has 0 heterocycles. The highest BCUT2D eigenvalue weighted by molar-refractivity contribution is 5.77. The normalized spacial score (nSPS) is 23.9. The van der Waals surface area contributed by atoms with E-state index in [9.17, 15) is 4.79 Å². The molecule has 1 heteroatoms. The third-order valence-corrected chi connectivity index (χ3v) is 4.54. The van der Waals surface area contributed by atoms with E-state index in [1.807, 2.05) is 6.07 Å². The zero-order valence-electron chi connectivity index (χ0n) is 11.6. The number of benzene rings is 1. The van der Waals surface area contributed by atoms with Crippen LogP contribution < -0.4 is 0 Å². The van der Waals surface area contributed by atoms with Crippen LogP contribution >= 0.6 is 0 Å². The Balaban J connectivity index is 2.28. The summed E-state index contributed by atoms with van der Waals surface area (Å²) in [4.78, 5) is 11.0. The number of rotatable bonds is 4. The first-order valence-corrected chi connectivity index (χ1v) is 7.38. The van der Waals surface area contributed by atoms with Gasteiger partial charge in [-0.25, -0.2) is 0 Å². The van der Waals surface area contributed by atoms with Crippen molar-refractivity contribution in [1.29, 1.82) is 0 Å². The minimum atomic E-state index is 0.717. The lowest BCUT2D eigenvalue weighted by molar-refractivity contribution is 0.112. The summed E-state index contributed by atoms with van der Waals surface area (Å²) >= 11 is 0. The number of carbonyl (C=O) groups excluding carboxylic acids is 1. The Bertz CT molecular complexity index is 408. The molecule has 98 valence electrons.